The summed E-state index contributed by atoms with van der Waals surface area (Å²) in [5.41, 5.74) is 3.63. The summed E-state index contributed by atoms with van der Waals surface area (Å²) in [6, 6.07) is 5.75. The molecule has 0 aromatic carbocycles. The molecule has 0 spiro atoms. The van der Waals surface area contributed by atoms with Gasteiger partial charge < -0.3 is 9.88 Å². The molecule has 2 aromatic rings. The molecule has 5 nitrogen and oxygen atoms in total. The number of amides is 1. The van der Waals surface area contributed by atoms with E-state index in [0.29, 0.717) is 18.7 Å². The van der Waals surface area contributed by atoms with Gasteiger partial charge in [0.2, 0.25) is 0 Å². The summed E-state index contributed by atoms with van der Waals surface area (Å²) >= 11 is 0. The molecule has 0 saturated heterocycles. The molecule has 0 fully saturated rings. The zero-order chi connectivity index (χ0) is 19.8. The summed E-state index contributed by atoms with van der Waals surface area (Å²) in [5, 5.41) is 2.93. The molecule has 0 radical (unpaired) electrons. The van der Waals surface area contributed by atoms with Gasteiger partial charge in [-0.1, -0.05) is 26.2 Å². The van der Waals surface area contributed by atoms with E-state index in [4.69, 9.17) is 0 Å². The fourth-order valence-corrected chi connectivity index (χ4v) is 3.91. The topological polar surface area (TPSA) is 64.0 Å². The summed E-state index contributed by atoms with van der Waals surface area (Å²) < 4.78 is 1.89. The molecule has 3 rings (SSSR count). The Morgan fingerprint density at radius 2 is 1.89 bits per heavy atom. The van der Waals surface area contributed by atoms with E-state index < -0.39 is 0 Å². The van der Waals surface area contributed by atoms with Crippen LogP contribution in [0.15, 0.2) is 35.4 Å². The fourth-order valence-electron chi connectivity index (χ4n) is 3.91. The van der Waals surface area contributed by atoms with E-state index in [2.05, 4.69) is 17.2 Å². The SMILES string of the molecule is CCCCn1c2c(cc(C(=O)NCCc3ccncc3)c1=O)CCCCCC2. The molecule has 2 heterocycles. The number of nitrogens with zero attached hydrogens (tertiary/aromatic N) is 2. The molecular formula is C23H31N3O2. The van der Waals surface area contributed by atoms with Crippen LogP contribution in [-0.2, 0) is 25.8 Å². The number of rotatable bonds is 7. The van der Waals surface area contributed by atoms with Crippen LogP contribution >= 0.6 is 0 Å². The maximum Gasteiger partial charge on any atom is 0.263 e. The van der Waals surface area contributed by atoms with Gasteiger partial charge in [-0.3, -0.25) is 14.6 Å². The number of unbranched alkanes of at least 4 members (excludes halogenated alkanes) is 1. The van der Waals surface area contributed by atoms with Gasteiger partial charge in [-0.15, -0.1) is 0 Å². The fraction of sp³-hybridized carbons (Fsp3) is 0.522. The predicted molar refractivity (Wildman–Crippen MR) is 112 cm³/mol. The molecule has 0 aliphatic heterocycles. The quantitative estimate of drug-likeness (QED) is 0.796. The Balaban J connectivity index is 1.81. The highest BCUT2D eigenvalue weighted by Crippen LogP contribution is 2.20. The molecule has 2 aromatic heterocycles. The van der Waals surface area contributed by atoms with E-state index >= 15 is 0 Å². The van der Waals surface area contributed by atoms with Crippen molar-refractivity contribution in [3.05, 3.63) is 63.3 Å². The number of hydrogen-bond donors (Lipinski definition) is 1. The largest absolute Gasteiger partial charge is 0.352 e. The maximum absolute atomic E-state index is 13.1. The number of pyridine rings is 2. The third-order valence-electron chi connectivity index (χ3n) is 5.53. The first-order valence-electron chi connectivity index (χ1n) is 10.6. The van der Waals surface area contributed by atoms with Crippen LogP contribution in [0.4, 0.5) is 0 Å². The smallest absolute Gasteiger partial charge is 0.263 e. The van der Waals surface area contributed by atoms with Gasteiger partial charge in [-0.05, 0) is 67.9 Å². The number of aryl methyl sites for hydroxylation is 1. The van der Waals surface area contributed by atoms with Crippen LogP contribution in [0.25, 0.3) is 0 Å². The first kappa shape index (κ1) is 20.3. The van der Waals surface area contributed by atoms with Crippen LogP contribution < -0.4 is 10.9 Å². The summed E-state index contributed by atoms with van der Waals surface area (Å²) in [4.78, 5) is 29.9. The van der Waals surface area contributed by atoms with E-state index in [1.807, 2.05) is 22.8 Å². The number of carbonyl (C=O) groups is 1. The Labute approximate surface area is 167 Å². The minimum Gasteiger partial charge on any atom is -0.352 e. The Morgan fingerprint density at radius 3 is 2.64 bits per heavy atom. The van der Waals surface area contributed by atoms with Crippen molar-refractivity contribution in [2.24, 2.45) is 0 Å². The van der Waals surface area contributed by atoms with Gasteiger partial charge in [-0.25, -0.2) is 0 Å². The Bertz CT molecular complexity index is 843. The monoisotopic (exact) mass is 381 g/mol. The molecule has 0 bridgehead atoms. The van der Waals surface area contributed by atoms with Gasteiger partial charge >= 0.3 is 0 Å². The van der Waals surface area contributed by atoms with Crippen LogP contribution in [0.2, 0.25) is 0 Å². The average molecular weight is 382 g/mol. The minimum atomic E-state index is -0.255. The van der Waals surface area contributed by atoms with Crippen LogP contribution in [0, 0.1) is 0 Å². The number of fused-ring (bicyclic) bond motifs is 1. The van der Waals surface area contributed by atoms with Gasteiger partial charge in [0.25, 0.3) is 11.5 Å². The second-order valence-electron chi connectivity index (χ2n) is 7.62. The lowest BCUT2D eigenvalue weighted by atomic mass is 9.95. The van der Waals surface area contributed by atoms with E-state index in [1.54, 1.807) is 12.4 Å². The van der Waals surface area contributed by atoms with E-state index in [9.17, 15) is 9.59 Å². The summed E-state index contributed by atoms with van der Waals surface area (Å²) in [7, 11) is 0. The number of hydrogen-bond acceptors (Lipinski definition) is 3. The number of aromatic nitrogens is 2. The van der Waals surface area contributed by atoms with Crippen LogP contribution in [0.5, 0.6) is 0 Å². The third-order valence-corrected chi connectivity index (χ3v) is 5.53. The van der Waals surface area contributed by atoms with Crippen molar-refractivity contribution in [1.82, 2.24) is 14.9 Å². The van der Waals surface area contributed by atoms with Crippen molar-refractivity contribution in [3.63, 3.8) is 0 Å². The van der Waals surface area contributed by atoms with Gasteiger partial charge in [0.1, 0.15) is 5.56 Å². The lowest BCUT2D eigenvalue weighted by Crippen LogP contribution is -2.36. The zero-order valence-electron chi connectivity index (χ0n) is 16.9. The molecule has 0 saturated carbocycles. The Morgan fingerprint density at radius 1 is 1.14 bits per heavy atom. The molecule has 5 heteroatoms. The van der Waals surface area contributed by atoms with Crippen LogP contribution in [0.3, 0.4) is 0 Å². The Hall–Kier alpha value is -2.43. The molecule has 1 aliphatic rings. The summed E-state index contributed by atoms with van der Waals surface area (Å²) in [6.45, 7) is 3.34. The first-order valence-corrected chi connectivity index (χ1v) is 10.6. The lowest BCUT2D eigenvalue weighted by Gasteiger charge is -2.21. The van der Waals surface area contributed by atoms with Crippen molar-refractivity contribution in [2.75, 3.05) is 6.54 Å². The molecule has 0 atom stereocenters. The van der Waals surface area contributed by atoms with E-state index in [-0.39, 0.29) is 11.5 Å². The standard InChI is InChI=1S/C23H31N3O2/c1-2-3-16-26-21-9-7-5-4-6-8-19(21)17-20(23(26)28)22(27)25-15-12-18-10-13-24-14-11-18/h10-11,13-14,17H,2-9,12,15-16H2,1H3,(H,25,27). The zero-order valence-corrected chi connectivity index (χ0v) is 16.9. The second kappa shape index (κ2) is 10.2. The highest BCUT2D eigenvalue weighted by atomic mass is 16.2. The lowest BCUT2D eigenvalue weighted by molar-refractivity contribution is 0.0951. The van der Waals surface area contributed by atoms with Crippen molar-refractivity contribution >= 4 is 5.91 Å². The van der Waals surface area contributed by atoms with Crippen molar-refractivity contribution in [3.8, 4) is 0 Å². The molecule has 0 unspecified atom stereocenters. The van der Waals surface area contributed by atoms with Gasteiger partial charge in [-0.2, -0.15) is 0 Å². The van der Waals surface area contributed by atoms with Gasteiger partial charge in [0, 0.05) is 31.2 Å². The summed E-state index contributed by atoms with van der Waals surface area (Å²) in [5.74, 6) is -0.255. The van der Waals surface area contributed by atoms with Crippen molar-refractivity contribution < 1.29 is 4.79 Å². The third kappa shape index (κ3) is 5.09. The predicted octanol–water partition coefficient (Wildman–Crippen LogP) is 3.67. The summed E-state index contributed by atoms with van der Waals surface area (Å²) in [6.07, 6.45) is 12.8. The first-order chi connectivity index (χ1) is 13.7. The highest BCUT2D eigenvalue weighted by Gasteiger charge is 2.19. The molecule has 1 N–H and O–H groups in total. The highest BCUT2D eigenvalue weighted by molar-refractivity contribution is 5.94. The van der Waals surface area contributed by atoms with Crippen molar-refractivity contribution in [2.45, 2.75) is 71.3 Å². The maximum atomic E-state index is 13.1. The van der Waals surface area contributed by atoms with E-state index in [0.717, 1.165) is 56.2 Å². The molecule has 28 heavy (non-hydrogen) atoms. The number of nitrogens with one attached hydrogen (secondary N) is 1. The normalized spacial score (nSPS) is 14.0. The second-order valence-corrected chi connectivity index (χ2v) is 7.62. The van der Waals surface area contributed by atoms with Crippen LogP contribution in [-0.4, -0.2) is 22.0 Å². The minimum absolute atomic E-state index is 0.130. The molecule has 1 amide bonds. The van der Waals surface area contributed by atoms with Gasteiger partial charge in [0.15, 0.2) is 0 Å². The molecule has 1 aliphatic carbocycles. The van der Waals surface area contributed by atoms with Crippen molar-refractivity contribution in [1.29, 1.82) is 0 Å². The molecular weight excluding hydrogens is 350 g/mol. The van der Waals surface area contributed by atoms with Gasteiger partial charge in [0.05, 0.1) is 0 Å². The Kier molecular flexibility index (Phi) is 7.40. The number of carbonyl (C=O) groups excluding carboxylic acids is 1. The molecule has 150 valence electrons. The van der Waals surface area contributed by atoms with E-state index in [1.165, 1.54) is 18.4 Å². The average Bonchev–Trinajstić information content (AvgIpc) is 2.69. The van der Waals surface area contributed by atoms with Crippen LogP contribution in [0.1, 0.15) is 72.6 Å².